The smallest absolute Gasteiger partial charge is 0.412 e. The van der Waals surface area contributed by atoms with Crippen molar-refractivity contribution in [3.8, 4) is 0 Å². The van der Waals surface area contributed by atoms with Crippen molar-refractivity contribution < 1.29 is 31.9 Å². The Hall–Kier alpha value is -3.51. The first-order valence-corrected chi connectivity index (χ1v) is 11.5. The van der Waals surface area contributed by atoms with Crippen LogP contribution in [0.15, 0.2) is 47.4 Å². The number of nitrogens with one attached hydrogen (secondary N) is 3. The molecule has 10 nitrogen and oxygen atoms in total. The van der Waals surface area contributed by atoms with Crippen LogP contribution in [0.4, 0.5) is 26.2 Å². The van der Waals surface area contributed by atoms with E-state index in [1.165, 1.54) is 50.4 Å². The van der Waals surface area contributed by atoms with Crippen LogP contribution in [0.3, 0.4) is 0 Å². The molecule has 3 N–H and O–H groups in total. The van der Waals surface area contributed by atoms with E-state index in [-0.39, 0.29) is 22.2 Å². The molecule has 0 saturated heterocycles. The van der Waals surface area contributed by atoms with Crippen LogP contribution in [-0.4, -0.2) is 49.8 Å². The van der Waals surface area contributed by atoms with E-state index in [1.54, 1.807) is 20.8 Å². The molecule has 12 heteroatoms. The van der Waals surface area contributed by atoms with E-state index in [1.807, 2.05) is 0 Å². The third kappa shape index (κ3) is 7.81. The highest BCUT2D eigenvalue weighted by atomic mass is 32.2. The van der Waals surface area contributed by atoms with Gasteiger partial charge in [-0.05, 0) is 63.2 Å². The van der Waals surface area contributed by atoms with Gasteiger partial charge in [0.2, 0.25) is 21.8 Å². The fourth-order valence-electron chi connectivity index (χ4n) is 2.69. The average molecular weight is 495 g/mol. The van der Waals surface area contributed by atoms with Crippen molar-refractivity contribution in [1.29, 1.82) is 0 Å². The monoisotopic (exact) mass is 494 g/mol. The first-order chi connectivity index (χ1) is 15.7. The molecule has 0 aliphatic carbocycles. The Morgan fingerprint density at radius 1 is 0.971 bits per heavy atom. The normalized spacial score (nSPS) is 11.6. The van der Waals surface area contributed by atoms with E-state index >= 15 is 0 Å². The molecule has 0 aliphatic rings. The number of carbonyl (C=O) groups excluding carboxylic acids is 3. The predicted molar refractivity (Wildman–Crippen MR) is 125 cm³/mol. The number of benzene rings is 2. The quantitative estimate of drug-likeness (QED) is 0.540. The Bertz CT molecular complexity index is 1180. The van der Waals surface area contributed by atoms with E-state index in [0.717, 1.165) is 10.4 Å². The number of amides is 3. The highest BCUT2D eigenvalue weighted by molar-refractivity contribution is 7.89. The van der Waals surface area contributed by atoms with Crippen LogP contribution in [0.1, 0.15) is 27.7 Å². The summed E-state index contributed by atoms with van der Waals surface area (Å²) >= 11 is 0. The van der Waals surface area contributed by atoms with Crippen molar-refractivity contribution in [2.45, 2.75) is 38.2 Å². The fourth-order valence-corrected chi connectivity index (χ4v) is 3.82. The molecule has 0 aromatic heterocycles. The van der Waals surface area contributed by atoms with Gasteiger partial charge < -0.3 is 15.4 Å². The number of hydrogen-bond donors (Lipinski definition) is 3. The molecule has 0 heterocycles. The Labute approximate surface area is 197 Å². The molecule has 0 atom stereocenters. The van der Waals surface area contributed by atoms with E-state index < -0.39 is 40.0 Å². The number of rotatable bonds is 7. The summed E-state index contributed by atoms with van der Waals surface area (Å²) in [5, 5.41) is 7.26. The zero-order valence-electron chi connectivity index (χ0n) is 19.4. The van der Waals surface area contributed by atoms with Gasteiger partial charge in [-0.1, -0.05) is 0 Å². The highest BCUT2D eigenvalue weighted by Gasteiger charge is 2.23. The molecule has 0 saturated carbocycles. The number of ether oxygens (including phenoxy) is 1. The lowest BCUT2D eigenvalue weighted by Crippen LogP contribution is -2.35. The van der Waals surface area contributed by atoms with Crippen LogP contribution in [0.5, 0.6) is 0 Å². The zero-order valence-corrected chi connectivity index (χ0v) is 20.2. The molecule has 0 aliphatic heterocycles. The van der Waals surface area contributed by atoms with Gasteiger partial charge in [0, 0.05) is 25.3 Å². The minimum atomic E-state index is -3.99. The summed E-state index contributed by atoms with van der Waals surface area (Å²) in [5.41, 5.74) is -0.429. The Morgan fingerprint density at radius 2 is 1.56 bits per heavy atom. The number of likely N-dealkylation sites (N-methyl/N-ethyl adjacent to an activating group) is 1. The number of carbonyl (C=O) groups is 3. The highest BCUT2D eigenvalue weighted by Crippen LogP contribution is 2.22. The number of anilines is 3. The van der Waals surface area contributed by atoms with Gasteiger partial charge in [-0.25, -0.2) is 17.6 Å². The van der Waals surface area contributed by atoms with E-state index in [2.05, 4.69) is 16.0 Å². The second-order valence-electron chi connectivity index (χ2n) is 8.34. The van der Waals surface area contributed by atoms with Gasteiger partial charge in [0.05, 0.1) is 17.1 Å². The van der Waals surface area contributed by atoms with Crippen LogP contribution >= 0.6 is 0 Å². The molecule has 2 rings (SSSR count). The van der Waals surface area contributed by atoms with Crippen molar-refractivity contribution in [3.63, 3.8) is 0 Å². The summed E-state index contributed by atoms with van der Waals surface area (Å²) in [6.07, 6.45) is -0.870. The van der Waals surface area contributed by atoms with Crippen LogP contribution in [0.25, 0.3) is 0 Å². The third-order valence-corrected chi connectivity index (χ3v) is 5.95. The third-order valence-electron chi connectivity index (χ3n) is 4.13. The summed E-state index contributed by atoms with van der Waals surface area (Å²) in [6, 6.07) is 8.97. The van der Waals surface area contributed by atoms with Crippen molar-refractivity contribution in [1.82, 2.24) is 4.31 Å². The summed E-state index contributed by atoms with van der Waals surface area (Å²) in [6.45, 7) is 5.77. The maximum absolute atomic E-state index is 14.1. The standard InChI is InChI=1S/C22H27FN4O6S/c1-14(28)24-15-6-9-17(10-7-15)34(31,32)27(5)13-20(29)25-16-8-11-18(23)19(12-16)26-21(30)33-22(2,3)4/h6-12H,13H2,1-5H3,(H,24,28)(H,25,29)(H,26,30). The second kappa shape index (κ2) is 10.6. The topological polar surface area (TPSA) is 134 Å². The Kier molecular flexibility index (Phi) is 8.35. The fraction of sp³-hybridized carbons (Fsp3) is 0.318. The van der Waals surface area contributed by atoms with E-state index in [9.17, 15) is 27.2 Å². The van der Waals surface area contributed by atoms with Gasteiger partial charge in [0.25, 0.3) is 0 Å². The molecule has 2 aromatic carbocycles. The van der Waals surface area contributed by atoms with Crippen LogP contribution < -0.4 is 16.0 Å². The van der Waals surface area contributed by atoms with Gasteiger partial charge in [-0.3, -0.25) is 14.9 Å². The van der Waals surface area contributed by atoms with E-state index in [0.29, 0.717) is 5.69 Å². The molecule has 0 fully saturated rings. The maximum atomic E-state index is 14.1. The van der Waals surface area contributed by atoms with Gasteiger partial charge in [-0.15, -0.1) is 0 Å². The second-order valence-corrected chi connectivity index (χ2v) is 10.4. The first-order valence-electron chi connectivity index (χ1n) is 10.1. The molecule has 0 bridgehead atoms. The number of halogens is 1. The summed E-state index contributed by atoms with van der Waals surface area (Å²) in [7, 11) is -2.76. The van der Waals surface area contributed by atoms with Crippen LogP contribution in [0, 0.1) is 5.82 Å². The SMILES string of the molecule is CC(=O)Nc1ccc(S(=O)(=O)N(C)CC(=O)Nc2ccc(F)c(NC(=O)OC(C)(C)C)c2)cc1. The number of sulfonamides is 1. The molecule has 2 aromatic rings. The zero-order chi connectivity index (χ0) is 25.7. The summed E-state index contributed by atoms with van der Waals surface area (Å²) in [4.78, 5) is 35.3. The number of hydrogen-bond acceptors (Lipinski definition) is 6. The molecule has 184 valence electrons. The first kappa shape index (κ1) is 26.7. The summed E-state index contributed by atoms with van der Waals surface area (Å²) < 4.78 is 45.5. The maximum Gasteiger partial charge on any atom is 0.412 e. The molecule has 0 radical (unpaired) electrons. The molecular weight excluding hydrogens is 467 g/mol. The largest absolute Gasteiger partial charge is 0.444 e. The van der Waals surface area contributed by atoms with Crippen molar-refractivity contribution in [2.75, 3.05) is 29.5 Å². The Balaban J connectivity index is 2.05. The average Bonchev–Trinajstić information content (AvgIpc) is 2.69. The van der Waals surface area contributed by atoms with Gasteiger partial charge >= 0.3 is 6.09 Å². The number of nitrogens with zero attached hydrogens (tertiary/aromatic N) is 1. The lowest BCUT2D eigenvalue weighted by Gasteiger charge is -2.20. The lowest BCUT2D eigenvalue weighted by atomic mass is 10.2. The Morgan fingerprint density at radius 3 is 2.12 bits per heavy atom. The van der Waals surface area contributed by atoms with Crippen molar-refractivity contribution in [3.05, 3.63) is 48.3 Å². The molecular formula is C22H27FN4O6S. The minimum absolute atomic E-state index is 0.0671. The van der Waals surface area contributed by atoms with Gasteiger partial charge in [0.15, 0.2) is 0 Å². The van der Waals surface area contributed by atoms with Gasteiger partial charge in [-0.2, -0.15) is 4.31 Å². The van der Waals surface area contributed by atoms with Gasteiger partial charge in [0.1, 0.15) is 11.4 Å². The lowest BCUT2D eigenvalue weighted by molar-refractivity contribution is -0.116. The molecule has 0 spiro atoms. The molecule has 3 amide bonds. The van der Waals surface area contributed by atoms with Crippen LogP contribution in [0.2, 0.25) is 0 Å². The van der Waals surface area contributed by atoms with E-state index in [4.69, 9.17) is 4.74 Å². The van der Waals surface area contributed by atoms with Crippen molar-refractivity contribution >= 4 is 45.0 Å². The van der Waals surface area contributed by atoms with Crippen LogP contribution in [-0.2, 0) is 24.3 Å². The predicted octanol–water partition coefficient (Wildman–Crippen LogP) is 3.39. The minimum Gasteiger partial charge on any atom is -0.444 e. The molecule has 34 heavy (non-hydrogen) atoms. The van der Waals surface area contributed by atoms with Crippen molar-refractivity contribution in [2.24, 2.45) is 0 Å². The summed E-state index contributed by atoms with van der Waals surface area (Å²) in [5.74, 6) is -1.73. The molecule has 0 unspecified atom stereocenters.